The Labute approximate surface area is 229 Å². The molecule has 2 N–H and O–H groups in total. The zero-order chi connectivity index (χ0) is 28.0. The van der Waals surface area contributed by atoms with E-state index in [0.29, 0.717) is 19.5 Å². The van der Waals surface area contributed by atoms with Gasteiger partial charge in [-0.15, -0.1) is 0 Å². The Morgan fingerprint density at radius 2 is 1.64 bits per heavy atom. The maximum atomic E-state index is 12.7. The number of carboxylic acid groups (broad SMARTS) is 1. The van der Waals surface area contributed by atoms with Gasteiger partial charge in [-0.05, 0) is 60.5 Å². The number of aliphatic carboxylic acids is 1. The number of piperazine rings is 1. The molecule has 0 aliphatic carbocycles. The van der Waals surface area contributed by atoms with Crippen molar-refractivity contribution < 1.29 is 23.1 Å². The summed E-state index contributed by atoms with van der Waals surface area (Å²) in [4.78, 5) is 25.8. The molecule has 0 saturated carbocycles. The third-order valence-electron chi connectivity index (χ3n) is 6.80. The van der Waals surface area contributed by atoms with Gasteiger partial charge in [0, 0.05) is 55.0 Å². The number of anilines is 1. The molecule has 1 atom stereocenters. The van der Waals surface area contributed by atoms with Crippen LogP contribution in [0.3, 0.4) is 0 Å². The lowest BCUT2D eigenvalue weighted by atomic mass is 9.97. The summed E-state index contributed by atoms with van der Waals surface area (Å²) in [6, 6.07) is 18.4. The van der Waals surface area contributed by atoms with E-state index in [1.54, 1.807) is 0 Å². The highest BCUT2D eigenvalue weighted by Crippen LogP contribution is 2.23. The van der Waals surface area contributed by atoms with Gasteiger partial charge in [-0.1, -0.05) is 49.5 Å². The van der Waals surface area contributed by atoms with Crippen molar-refractivity contribution in [3.63, 3.8) is 0 Å². The van der Waals surface area contributed by atoms with E-state index in [1.807, 2.05) is 60.7 Å². The summed E-state index contributed by atoms with van der Waals surface area (Å²) in [6.45, 7) is 4.87. The summed E-state index contributed by atoms with van der Waals surface area (Å²) in [7, 11) is -3.86. The van der Waals surface area contributed by atoms with Crippen LogP contribution in [0.5, 0.6) is 0 Å². The fourth-order valence-electron chi connectivity index (χ4n) is 4.50. The van der Waals surface area contributed by atoms with E-state index in [2.05, 4.69) is 28.4 Å². The molecule has 0 radical (unpaired) electrons. The van der Waals surface area contributed by atoms with E-state index < -0.39 is 22.2 Å². The summed E-state index contributed by atoms with van der Waals surface area (Å²) in [5, 5.41) is 10.9. The van der Waals surface area contributed by atoms with Gasteiger partial charge in [0.15, 0.2) is 5.78 Å². The van der Waals surface area contributed by atoms with Crippen LogP contribution in [0.1, 0.15) is 54.6 Å². The topological polar surface area (TPSA) is 107 Å². The predicted octanol–water partition coefficient (Wildman–Crippen LogP) is 4.04. The maximum Gasteiger partial charge on any atom is 0.321 e. The van der Waals surface area contributed by atoms with Crippen LogP contribution in [0.25, 0.3) is 10.8 Å². The summed E-state index contributed by atoms with van der Waals surface area (Å²) >= 11 is 0. The standard InChI is InChI=1S/C30H33N3O5S/c1-3-4-8-29(34)27-7-5-6-25-14-11-24(21-28(25)27)10-9-23-12-15-26(16-13-23)32-17-19-33(20-18-32)39(37,38)31-22(2)30(35)36/h5-7,11-16,21-22,31H,3-4,8,17-20H2,1-2H3,(H,35,36)/t22-/m1/s1. The predicted molar refractivity (Wildman–Crippen MR) is 153 cm³/mol. The van der Waals surface area contributed by atoms with Gasteiger partial charge < -0.3 is 10.0 Å². The summed E-state index contributed by atoms with van der Waals surface area (Å²) in [5.74, 6) is 5.35. The lowest BCUT2D eigenvalue weighted by Gasteiger charge is -2.35. The average Bonchev–Trinajstić information content (AvgIpc) is 2.94. The van der Waals surface area contributed by atoms with Crippen molar-refractivity contribution in [2.75, 3.05) is 31.1 Å². The third kappa shape index (κ3) is 7.03. The minimum atomic E-state index is -3.86. The van der Waals surface area contributed by atoms with Crippen molar-refractivity contribution in [1.82, 2.24) is 9.03 Å². The Morgan fingerprint density at radius 3 is 2.31 bits per heavy atom. The smallest absolute Gasteiger partial charge is 0.321 e. The van der Waals surface area contributed by atoms with Crippen molar-refractivity contribution >= 4 is 38.4 Å². The van der Waals surface area contributed by atoms with Crippen LogP contribution in [0.15, 0.2) is 60.7 Å². The van der Waals surface area contributed by atoms with Crippen molar-refractivity contribution in [3.05, 3.63) is 77.4 Å². The second-order valence-electron chi connectivity index (χ2n) is 9.63. The lowest BCUT2D eigenvalue weighted by molar-refractivity contribution is -0.138. The molecular formula is C30H33N3O5S. The van der Waals surface area contributed by atoms with E-state index in [4.69, 9.17) is 5.11 Å². The number of nitrogens with zero attached hydrogens (tertiary/aromatic N) is 2. The SMILES string of the molecule is CCCCC(=O)c1cccc2ccc(C#Cc3ccc(N4CCN(S(=O)(=O)N[C@H](C)C(=O)O)CC4)cc3)cc12. The number of unbranched alkanes of at least 4 members (excludes halogenated alkanes) is 1. The van der Waals surface area contributed by atoms with Crippen LogP contribution in [0.2, 0.25) is 0 Å². The quantitative estimate of drug-likeness (QED) is 0.309. The summed E-state index contributed by atoms with van der Waals surface area (Å²) in [5.41, 5.74) is 3.39. The van der Waals surface area contributed by atoms with E-state index in [1.165, 1.54) is 11.2 Å². The van der Waals surface area contributed by atoms with Gasteiger partial charge in [0.1, 0.15) is 6.04 Å². The number of hydrogen-bond acceptors (Lipinski definition) is 5. The van der Waals surface area contributed by atoms with E-state index in [-0.39, 0.29) is 18.9 Å². The van der Waals surface area contributed by atoms with Crippen molar-refractivity contribution in [3.8, 4) is 11.8 Å². The molecule has 39 heavy (non-hydrogen) atoms. The highest BCUT2D eigenvalue weighted by Gasteiger charge is 2.29. The molecule has 9 heteroatoms. The molecule has 3 aromatic rings. The summed E-state index contributed by atoms with van der Waals surface area (Å²) < 4.78 is 28.4. The summed E-state index contributed by atoms with van der Waals surface area (Å²) in [6.07, 6.45) is 2.40. The molecular weight excluding hydrogens is 514 g/mol. The first-order valence-electron chi connectivity index (χ1n) is 13.1. The van der Waals surface area contributed by atoms with Crippen LogP contribution >= 0.6 is 0 Å². The monoisotopic (exact) mass is 547 g/mol. The Kier molecular flexibility index (Phi) is 9.02. The number of ketones is 1. The van der Waals surface area contributed by atoms with Gasteiger partial charge in [-0.2, -0.15) is 17.4 Å². The van der Waals surface area contributed by atoms with Crippen molar-refractivity contribution in [2.45, 2.75) is 39.2 Å². The number of carboxylic acids is 1. The number of carbonyl (C=O) groups excluding carboxylic acids is 1. The molecule has 0 spiro atoms. The van der Waals surface area contributed by atoms with Crippen LogP contribution in [0.4, 0.5) is 5.69 Å². The Morgan fingerprint density at radius 1 is 0.974 bits per heavy atom. The van der Waals surface area contributed by atoms with Gasteiger partial charge in [0.05, 0.1) is 0 Å². The zero-order valence-electron chi connectivity index (χ0n) is 22.2. The Hall–Kier alpha value is -3.71. The number of benzene rings is 3. The first-order valence-corrected chi connectivity index (χ1v) is 14.5. The average molecular weight is 548 g/mol. The third-order valence-corrected chi connectivity index (χ3v) is 8.49. The van der Waals surface area contributed by atoms with Crippen LogP contribution in [-0.2, 0) is 15.0 Å². The highest BCUT2D eigenvalue weighted by molar-refractivity contribution is 7.87. The molecule has 1 saturated heterocycles. The second kappa shape index (κ2) is 12.4. The molecule has 3 aromatic carbocycles. The van der Waals surface area contributed by atoms with Gasteiger partial charge in [-0.3, -0.25) is 9.59 Å². The van der Waals surface area contributed by atoms with Gasteiger partial charge in [0.25, 0.3) is 10.2 Å². The van der Waals surface area contributed by atoms with E-state index >= 15 is 0 Å². The molecule has 0 aromatic heterocycles. The number of nitrogens with one attached hydrogen (secondary N) is 1. The number of fused-ring (bicyclic) bond motifs is 1. The van der Waals surface area contributed by atoms with Gasteiger partial charge >= 0.3 is 5.97 Å². The van der Waals surface area contributed by atoms with Crippen LogP contribution in [0, 0.1) is 11.8 Å². The lowest BCUT2D eigenvalue weighted by Crippen LogP contribution is -2.54. The van der Waals surface area contributed by atoms with Crippen molar-refractivity contribution in [2.24, 2.45) is 0 Å². The molecule has 1 aliphatic rings. The fourth-order valence-corrected chi connectivity index (χ4v) is 5.84. The largest absolute Gasteiger partial charge is 0.480 e. The van der Waals surface area contributed by atoms with Crippen LogP contribution < -0.4 is 9.62 Å². The minimum absolute atomic E-state index is 0.160. The number of Topliss-reactive ketones (excluding diaryl/α,β-unsaturated/α-hetero) is 1. The maximum absolute atomic E-state index is 12.7. The molecule has 1 fully saturated rings. The first kappa shape index (κ1) is 28.3. The second-order valence-corrected chi connectivity index (χ2v) is 11.3. The van der Waals surface area contributed by atoms with Gasteiger partial charge in [0.2, 0.25) is 0 Å². The number of rotatable bonds is 9. The Balaban J connectivity index is 1.42. The normalized spacial score (nSPS) is 15.0. The molecule has 0 bridgehead atoms. The molecule has 0 amide bonds. The molecule has 0 unspecified atom stereocenters. The molecule has 4 rings (SSSR count). The first-order chi connectivity index (χ1) is 18.7. The molecule has 1 aliphatic heterocycles. The Bertz CT molecular complexity index is 1520. The zero-order valence-corrected chi connectivity index (χ0v) is 23.0. The minimum Gasteiger partial charge on any atom is -0.480 e. The number of carbonyl (C=O) groups is 2. The van der Waals surface area contributed by atoms with E-state index in [0.717, 1.165) is 46.0 Å². The number of hydrogen-bond donors (Lipinski definition) is 2. The van der Waals surface area contributed by atoms with Crippen molar-refractivity contribution in [1.29, 1.82) is 0 Å². The highest BCUT2D eigenvalue weighted by atomic mass is 32.2. The van der Waals surface area contributed by atoms with Crippen LogP contribution in [-0.4, -0.2) is 61.8 Å². The van der Waals surface area contributed by atoms with E-state index in [9.17, 15) is 18.0 Å². The van der Waals surface area contributed by atoms with Gasteiger partial charge in [-0.25, -0.2) is 0 Å². The molecule has 8 nitrogen and oxygen atoms in total. The molecule has 1 heterocycles. The fraction of sp³-hybridized carbons (Fsp3) is 0.333. The molecule has 204 valence electrons.